The van der Waals surface area contributed by atoms with E-state index >= 15 is 0 Å². The molecule has 0 aliphatic heterocycles. The zero-order valence-electron chi connectivity index (χ0n) is 6.38. The van der Waals surface area contributed by atoms with Crippen molar-refractivity contribution in [1.82, 2.24) is 4.72 Å². The number of hydrogen-bond acceptors (Lipinski definition) is 2. The van der Waals surface area contributed by atoms with E-state index in [0.29, 0.717) is 5.92 Å². The molecule has 1 aliphatic carbocycles. The van der Waals surface area contributed by atoms with Crippen molar-refractivity contribution < 1.29 is 8.42 Å². The van der Waals surface area contributed by atoms with Crippen molar-refractivity contribution in [3.05, 3.63) is 0 Å². The van der Waals surface area contributed by atoms with E-state index in [0.717, 1.165) is 19.3 Å². The molecule has 1 rings (SSSR count). The highest BCUT2D eigenvalue weighted by Gasteiger charge is 2.24. The SMILES string of the molecule is CC1CCC(NS(=O)(=O)Cl)C1. The number of halogens is 1. The highest BCUT2D eigenvalue weighted by atomic mass is 35.7. The van der Waals surface area contributed by atoms with Crippen LogP contribution < -0.4 is 4.72 Å². The van der Waals surface area contributed by atoms with Crippen LogP contribution in [-0.4, -0.2) is 14.5 Å². The monoisotopic (exact) mass is 197 g/mol. The molecule has 0 amide bonds. The third-order valence-corrected chi connectivity index (χ3v) is 2.88. The average Bonchev–Trinajstić information content (AvgIpc) is 2.10. The standard InChI is InChI=1S/C6H12ClNO2S/c1-5-2-3-6(4-5)8-11(7,9)10/h5-6,8H,2-4H2,1H3. The van der Waals surface area contributed by atoms with Gasteiger partial charge in [-0.05, 0) is 25.2 Å². The van der Waals surface area contributed by atoms with Gasteiger partial charge in [-0.25, -0.2) is 0 Å². The predicted molar refractivity (Wildman–Crippen MR) is 44.7 cm³/mol. The van der Waals surface area contributed by atoms with Crippen molar-refractivity contribution >= 4 is 19.9 Å². The minimum absolute atomic E-state index is 0.0625. The molecule has 0 radical (unpaired) electrons. The molecular formula is C6H12ClNO2S. The number of nitrogens with one attached hydrogen (secondary N) is 1. The lowest BCUT2D eigenvalue weighted by atomic mass is 10.1. The second kappa shape index (κ2) is 3.29. The van der Waals surface area contributed by atoms with E-state index in [9.17, 15) is 8.42 Å². The van der Waals surface area contributed by atoms with Crippen LogP contribution in [0.5, 0.6) is 0 Å². The molecule has 0 heterocycles. The van der Waals surface area contributed by atoms with Gasteiger partial charge in [0.1, 0.15) is 0 Å². The van der Waals surface area contributed by atoms with Gasteiger partial charge < -0.3 is 0 Å². The molecule has 0 aromatic carbocycles. The van der Waals surface area contributed by atoms with E-state index in [1.54, 1.807) is 0 Å². The fourth-order valence-electron chi connectivity index (χ4n) is 1.51. The fraction of sp³-hybridized carbons (Fsp3) is 1.00. The van der Waals surface area contributed by atoms with Crippen molar-refractivity contribution in [2.45, 2.75) is 32.2 Å². The van der Waals surface area contributed by atoms with Gasteiger partial charge in [0.15, 0.2) is 0 Å². The van der Waals surface area contributed by atoms with Gasteiger partial charge in [0.05, 0.1) is 0 Å². The maximum absolute atomic E-state index is 10.5. The summed E-state index contributed by atoms with van der Waals surface area (Å²) in [4.78, 5) is 0. The van der Waals surface area contributed by atoms with Gasteiger partial charge in [0, 0.05) is 16.7 Å². The summed E-state index contributed by atoms with van der Waals surface area (Å²) in [6.45, 7) is 2.11. The van der Waals surface area contributed by atoms with Gasteiger partial charge in [-0.2, -0.15) is 13.1 Å². The van der Waals surface area contributed by atoms with Crippen molar-refractivity contribution in [3.8, 4) is 0 Å². The summed E-state index contributed by atoms with van der Waals surface area (Å²) in [7, 11) is 1.51. The zero-order chi connectivity index (χ0) is 8.48. The second-order valence-corrected chi connectivity index (χ2v) is 5.50. The lowest BCUT2D eigenvalue weighted by Gasteiger charge is -2.07. The number of hydrogen-bond donors (Lipinski definition) is 1. The summed E-state index contributed by atoms with van der Waals surface area (Å²) in [5.74, 6) is 0.617. The quantitative estimate of drug-likeness (QED) is 0.678. The summed E-state index contributed by atoms with van der Waals surface area (Å²) < 4.78 is 23.5. The van der Waals surface area contributed by atoms with E-state index in [2.05, 4.69) is 11.6 Å². The zero-order valence-corrected chi connectivity index (χ0v) is 7.95. The minimum atomic E-state index is -3.51. The Labute approximate surface area is 71.7 Å². The predicted octanol–water partition coefficient (Wildman–Crippen LogP) is 1.25. The first-order valence-electron chi connectivity index (χ1n) is 3.69. The largest absolute Gasteiger partial charge is 0.297 e. The van der Waals surface area contributed by atoms with E-state index in [-0.39, 0.29) is 6.04 Å². The van der Waals surface area contributed by atoms with Gasteiger partial charge in [-0.3, -0.25) is 0 Å². The van der Waals surface area contributed by atoms with Crippen LogP contribution in [0.15, 0.2) is 0 Å². The van der Waals surface area contributed by atoms with Crippen LogP contribution in [0.4, 0.5) is 0 Å². The molecule has 5 heteroatoms. The summed E-state index contributed by atoms with van der Waals surface area (Å²) in [5.41, 5.74) is 0. The van der Waals surface area contributed by atoms with Gasteiger partial charge in [-0.15, -0.1) is 0 Å². The van der Waals surface area contributed by atoms with Gasteiger partial charge in [0.25, 0.3) is 9.24 Å². The molecule has 0 spiro atoms. The first kappa shape index (κ1) is 9.29. The molecule has 1 N–H and O–H groups in total. The molecule has 3 nitrogen and oxygen atoms in total. The molecule has 66 valence electrons. The number of rotatable bonds is 2. The second-order valence-electron chi connectivity index (χ2n) is 3.17. The summed E-state index contributed by atoms with van der Waals surface area (Å²) in [6, 6.07) is 0.0625. The van der Waals surface area contributed by atoms with Crippen LogP contribution in [0.25, 0.3) is 0 Å². The Morgan fingerprint density at radius 1 is 1.45 bits per heavy atom. The normalized spacial score (nSPS) is 32.5. The Balaban J connectivity index is 2.41. The molecule has 0 aromatic heterocycles. The van der Waals surface area contributed by atoms with Gasteiger partial charge >= 0.3 is 0 Å². The van der Waals surface area contributed by atoms with Crippen molar-refractivity contribution in [2.24, 2.45) is 5.92 Å². The van der Waals surface area contributed by atoms with E-state index in [1.165, 1.54) is 0 Å². The molecule has 2 unspecified atom stereocenters. The Hall–Kier alpha value is 0.200. The highest BCUT2D eigenvalue weighted by molar-refractivity contribution is 8.12. The lowest BCUT2D eigenvalue weighted by molar-refractivity contribution is 0.548. The van der Waals surface area contributed by atoms with E-state index in [4.69, 9.17) is 10.7 Å². The molecule has 1 aliphatic rings. The first-order valence-corrected chi connectivity index (χ1v) is 6.00. The van der Waals surface area contributed by atoms with Crippen molar-refractivity contribution in [3.63, 3.8) is 0 Å². The third-order valence-electron chi connectivity index (χ3n) is 2.00. The maximum Gasteiger partial charge on any atom is 0.297 e. The average molecular weight is 198 g/mol. The van der Waals surface area contributed by atoms with Crippen LogP contribution in [0.3, 0.4) is 0 Å². The Morgan fingerprint density at radius 2 is 2.09 bits per heavy atom. The fourth-order valence-corrected chi connectivity index (χ4v) is 2.50. The molecule has 1 saturated carbocycles. The van der Waals surface area contributed by atoms with Crippen LogP contribution >= 0.6 is 10.7 Å². The van der Waals surface area contributed by atoms with Crippen LogP contribution in [0, 0.1) is 5.92 Å². The lowest BCUT2D eigenvalue weighted by Crippen LogP contribution is -2.29. The van der Waals surface area contributed by atoms with Crippen LogP contribution in [-0.2, 0) is 9.24 Å². The molecule has 2 atom stereocenters. The summed E-state index contributed by atoms with van der Waals surface area (Å²) in [6.07, 6.45) is 2.91. The smallest absolute Gasteiger partial charge is 0.199 e. The first-order chi connectivity index (χ1) is 4.97. The van der Waals surface area contributed by atoms with Crippen molar-refractivity contribution in [2.75, 3.05) is 0 Å². The van der Waals surface area contributed by atoms with E-state index < -0.39 is 9.24 Å². The minimum Gasteiger partial charge on any atom is -0.199 e. The Kier molecular flexibility index (Phi) is 2.78. The topological polar surface area (TPSA) is 46.2 Å². The molecule has 0 bridgehead atoms. The summed E-state index contributed by atoms with van der Waals surface area (Å²) >= 11 is 0. The molecular weight excluding hydrogens is 186 g/mol. The van der Waals surface area contributed by atoms with Crippen LogP contribution in [0.1, 0.15) is 26.2 Å². The molecule has 0 saturated heterocycles. The van der Waals surface area contributed by atoms with Gasteiger partial charge in [0.2, 0.25) is 0 Å². The highest BCUT2D eigenvalue weighted by Crippen LogP contribution is 2.25. The maximum atomic E-state index is 10.5. The Bertz CT molecular complexity index is 227. The molecule has 11 heavy (non-hydrogen) atoms. The van der Waals surface area contributed by atoms with Crippen molar-refractivity contribution in [1.29, 1.82) is 0 Å². The van der Waals surface area contributed by atoms with Gasteiger partial charge in [-0.1, -0.05) is 6.92 Å². The third kappa shape index (κ3) is 3.40. The molecule has 1 fully saturated rings. The summed E-state index contributed by atoms with van der Waals surface area (Å²) in [5, 5.41) is 0. The van der Waals surface area contributed by atoms with Crippen LogP contribution in [0.2, 0.25) is 0 Å². The molecule has 0 aromatic rings. The van der Waals surface area contributed by atoms with E-state index in [1.807, 2.05) is 0 Å². The Morgan fingerprint density at radius 3 is 2.45 bits per heavy atom.